The summed E-state index contributed by atoms with van der Waals surface area (Å²) in [5, 5.41) is 3.77. The number of nitrogens with one attached hydrogen (secondary N) is 1. The van der Waals surface area contributed by atoms with Gasteiger partial charge in [0.2, 0.25) is 0 Å². The van der Waals surface area contributed by atoms with Gasteiger partial charge in [0.15, 0.2) is 0 Å². The first-order valence-electron chi connectivity index (χ1n) is 8.55. The molecule has 2 fully saturated rings. The monoisotopic (exact) mass is 297 g/mol. The number of ether oxygens (including phenoxy) is 1. The number of piperazine rings is 1. The maximum Gasteiger partial charge on any atom is 0.0829 e. The van der Waals surface area contributed by atoms with Crippen LogP contribution in [0.25, 0.3) is 0 Å². The van der Waals surface area contributed by atoms with Crippen LogP contribution in [0.2, 0.25) is 0 Å². The molecule has 4 nitrogen and oxygen atoms in total. The van der Waals surface area contributed by atoms with Crippen LogP contribution in [-0.2, 0) is 4.74 Å². The molecule has 0 aromatic heterocycles. The molecule has 2 rings (SSSR count). The summed E-state index contributed by atoms with van der Waals surface area (Å²) in [7, 11) is 2.20. The Morgan fingerprint density at radius 1 is 1.24 bits per heavy atom. The fourth-order valence-electron chi connectivity index (χ4n) is 3.51. The quantitative estimate of drug-likeness (QED) is 0.857. The average molecular weight is 297 g/mol. The molecule has 1 N–H and O–H groups in total. The molecule has 0 spiro atoms. The van der Waals surface area contributed by atoms with Gasteiger partial charge in [0, 0.05) is 44.8 Å². The molecule has 21 heavy (non-hydrogen) atoms. The smallest absolute Gasteiger partial charge is 0.0829 e. The highest BCUT2D eigenvalue weighted by molar-refractivity contribution is 4.94. The zero-order valence-corrected chi connectivity index (χ0v) is 14.9. The molecule has 0 saturated carbocycles. The van der Waals surface area contributed by atoms with Crippen molar-refractivity contribution in [3.8, 4) is 0 Å². The third-order valence-electron chi connectivity index (χ3n) is 5.05. The molecule has 4 heteroatoms. The summed E-state index contributed by atoms with van der Waals surface area (Å²) in [6.07, 6.45) is 0.365. The first-order chi connectivity index (χ1) is 9.77. The molecule has 2 heterocycles. The van der Waals surface area contributed by atoms with Crippen molar-refractivity contribution in [3.05, 3.63) is 0 Å². The van der Waals surface area contributed by atoms with Crippen molar-refractivity contribution >= 4 is 0 Å². The highest BCUT2D eigenvalue weighted by Gasteiger charge is 2.36. The molecular formula is C17H35N3O. The number of hydrogen-bond acceptors (Lipinski definition) is 4. The number of likely N-dealkylation sites (N-methyl/N-ethyl adjacent to an activating group) is 1. The molecule has 0 aromatic rings. The van der Waals surface area contributed by atoms with Crippen molar-refractivity contribution in [2.45, 2.75) is 52.8 Å². The van der Waals surface area contributed by atoms with Crippen LogP contribution >= 0.6 is 0 Å². The van der Waals surface area contributed by atoms with Crippen LogP contribution in [0.1, 0.15) is 34.6 Å². The van der Waals surface area contributed by atoms with Crippen LogP contribution in [0.3, 0.4) is 0 Å². The van der Waals surface area contributed by atoms with E-state index in [-0.39, 0.29) is 0 Å². The zero-order valence-electron chi connectivity index (χ0n) is 14.9. The minimum atomic E-state index is 0.310. The van der Waals surface area contributed by atoms with Crippen molar-refractivity contribution in [1.82, 2.24) is 15.1 Å². The van der Waals surface area contributed by atoms with Crippen LogP contribution in [-0.4, -0.2) is 74.4 Å². The summed E-state index contributed by atoms with van der Waals surface area (Å²) >= 11 is 0. The van der Waals surface area contributed by atoms with Crippen LogP contribution in [0.15, 0.2) is 0 Å². The van der Waals surface area contributed by atoms with Gasteiger partial charge in [0.25, 0.3) is 0 Å². The van der Waals surface area contributed by atoms with Crippen molar-refractivity contribution in [3.63, 3.8) is 0 Å². The molecule has 0 amide bonds. The molecule has 0 radical (unpaired) electrons. The van der Waals surface area contributed by atoms with Gasteiger partial charge < -0.3 is 15.0 Å². The molecule has 2 aliphatic heterocycles. The lowest BCUT2D eigenvalue weighted by atomic mass is 9.83. The topological polar surface area (TPSA) is 27.7 Å². The van der Waals surface area contributed by atoms with Crippen LogP contribution in [0.5, 0.6) is 0 Å². The van der Waals surface area contributed by atoms with Gasteiger partial charge in [0.1, 0.15) is 0 Å². The van der Waals surface area contributed by atoms with Crippen molar-refractivity contribution in [2.75, 3.05) is 46.4 Å². The summed E-state index contributed by atoms with van der Waals surface area (Å²) in [6, 6.07) is 1.19. The lowest BCUT2D eigenvalue weighted by Crippen LogP contribution is -2.63. The number of morpholine rings is 1. The molecule has 0 aliphatic carbocycles. The Labute approximate surface area is 131 Å². The van der Waals surface area contributed by atoms with E-state index in [1.165, 1.54) is 0 Å². The summed E-state index contributed by atoms with van der Waals surface area (Å²) in [5.74, 6) is 0.680. The van der Waals surface area contributed by atoms with E-state index in [2.05, 4.69) is 56.8 Å². The summed E-state index contributed by atoms with van der Waals surface area (Å²) in [5.41, 5.74) is 0.310. The second-order valence-electron chi connectivity index (χ2n) is 8.35. The first-order valence-corrected chi connectivity index (χ1v) is 8.55. The highest BCUT2D eigenvalue weighted by Crippen LogP contribution is 2.26. The minimum absolute atomic E-state index is 0.310. The minimum Gasteiger partial charge on any atom is -0.374 e. The molecule has 2 aliphatic rings. The van der Waals surface area contributed by atoms with Crippen LogP contribution < -0.4 is 5.32 Å². The van der Waals surface area contributed by atoms with E-state index in [1.807, 2.05) is 0 Å². The largest absolute Gasteiger partial charge is 0.374 e. The second-order valence-corrected chi connectivity index (χ2v) is 8.35. The Balaban J connectivity index is 2.00. The maximum atomic E-state index is 6.00. The fraction of sp³-hybridized carbons (Fsp3) is 1.00. The van der Waals surface area contributed by atoms with Crippen LogP contribution in [0.4, 0.5) is 0 Å². The predicted molar refractivity (Wildman–Crippen MR) is 88.7 cm³/mol. The highest BCUT2D eigenvalue weighted by atomic mass is 16.5. The Morgan fingerprint density at radius 2 is 1.95 bits per heavy atom. The standard InChI is InChI=1S/C17H35N3O/c1-13(2)15-9-18-16(17(3,4)5)12-20(15)11-14-10-19(6)7-8-21-14/h13-16,18H,7-12H2,1-6H3. The van der Waals surface area contributed by atoms with Crippen molar-refractivity contribution < 1.29 is 4.74 Å². The lowest BCUT2D eigenvalue weighted by molar-refractivity contribution is -0.0542. The van der Waals surface area contributed by atoms with Gasteiger partial charge in [-0.05, 0) is 18.4 Å². The molecule has 3 atom stereocenters. The van der Waals surface area contributed by atoms with Gasteiger partial charge in [-0.3, -0.25) is 4.90 Å². The third kappa shape index (κ3) is 4.65. The fourth-order valence-corrected chi connectivity index (χ4v) is 3.51. The van der Waals surface area contributed by atoms with E-state index in [4.69, 9.17) is 4.74 Å². The SMILES string of the molecule is CC(C)C1CNC(C(C)(C)C)CN1CC1CN(C)CCO1. The summed E-state index contributed by atoms with van der Waals surface area (Å²) in [6.45, 7) is 18.0. The number of hydrogen-bond donors (Lipinski definition) is 1. The number of rotatable bonds is 3. The van der Waals surface area contributed by atoms with Crippen molar-refractivity contribution in [1.29, 1.82) is 0 Å². The zero-order chi connectivity index (χ0) is 15.6. The second kappa shape index (κ2) is 6.95. The van der Waals surface area contributed by atoms with Gasteiger partial charge in [0.05, 0.1) is 12.7 Å². The van der Waals surface area contributed by atoms with Gasteiger partial charge in [-0.1, -0.05) is 34.6 Å². The van der Waals surface area contributed by atoms with Gasteiger partial charge in [-0.25, -0.2) is 0 Å². The van der Waals surface area contributed by atoms with Gasteiger partial charge >= 0.3 is 0 Å². The number of nitrogens with zero attached hydrogens (tertiary/aromatic N) is 2. The molecule has 3 unspecified atom stereocenters. The normalized spacial score (nSPS) is 33.6. The summed E-state index contributed by atoms with van der Waals surface area (Å²) < 4.78 is 6.00. The third-order valence-corrected chi connectivity index (χ3v) is 5.05. The van der Waals surface area contributed by atoms with Gasteiger partial charge in [-0.2, -0.15) is 0 Å². The van der Waals surface area contributed by atoms with E-state index < -0.39 is 0 Å². The summed E-state index contributed by atoms with van der Waals surface area (Å²) in [4.78, 5) is 5.07. The Bertz CT molecular complexity index is 326. The van der Waals surface area contributed by atoms with E-state index in [0.717, 1.165) is 39.3 Å². The maximum absolute atomic E-state index is 6.00. The molecular weight excluding hydrogens is 262 g/mol. The van der Waals surface area contributed by atoms with Crippen molar-refractivity contribution in [2.24, 2.45) is 11.3 Å². The Hall–Kier alpha value is -0.160. The Morgan fingerprint density at radius 3 is 2.52 bits per heavy atom. The molecule has 2 saturated heterocycles. The molecule has 124 valence electrons. The lowest BCUT2D eigenvalue weighted by Gasteiger charge is -2.48. The Kier molecular flexibility index (Phi) is 5.69. The first kappa shape index (κ1) is 17.2. The average Bonchev–Trinajstić information content (AvgIpc) is 2.37. The molecule has 0 aromatic carbocycles. The van der Waals surface area contributed by atoms with Crippen LogP contribution in [0, 0.1) is 11.3 Å². The van der Waals surface area contributed by atoms with Gasteiger partial charge in [-0.15, -0.1) is 0 Å². The van der Waals surface area contributed by atoms with E-state index in [0.29, 0.717) is 29.5 Å². The van der Waals surface area contributed by atoms with E-state index >= 15 is 0 Å². The molecule has 0 bridgehead atoms. The van der Waals surface area contributed by atoms with E-state index in [9.17, 15) is 0 Å². The van der Waals surface area contributed by atoms with E-state index in [1.54, 1.807) is 0 Å². The predicted octanol–water partition coefficient (Wildman–Crippen LogP) is 1.66.